The first kappa shape index (κ1) is 7.61. The largest absolute Gasteiger partial charge is 0.0619 e. The maximum atomic E-state index is 3.40. The Kier molecular flexibility index (Phi) is 1.68. The highest BCUT2D eigenvalue weighted by Gasteiger charge is 2.39. The van der Waals surface area contributed by atoms with Crippen molar-refractivity contribution in [1.29, 1.82) is 0 Å². The first-order valence-corrected chi connectivity index (χ1v) is 5.40. The van der Waals surface area contributed by atoms with E-state index in [4.69, 9.17) is 0 Å². The summed E-state index contributed by atoms with van der Waals surface area (Å²) in [6, 6.07) is 11.9. The molecule has 1 aromatic rings. The van der Waals surface area contributed by atoms with Crippen molar-refractivity contribution in [2.45, 2.75) is 31.6 Å². The maximum Gasteiger partial charge on any atom is -0.0125 e. The van der Waals surface area contributed by atoms with Crippen LogP contribution in [0.1, 0.15) is 37.2 Å². The molecule has 0 saturated heterocycles. The van der Waals surface area contributed by atoms with Crippen molar-refractivity contribution >= 4 is 0 Å². The van der Waals surface area contributed by atoms with Gasteiger partial charge in [0.15, 0.2) is 0 Å². The molecule has 2 fully saturated rings. The summed E-state index contributed by atoms with van der Waals surface area (Å²) >= 11 is 0. The Balaban J connectivity index is 1.87. The van der Waals surface area contributed by atoms with Crippen molar-refractivity contribution in [1.82, 2.24) is 0 Å². The standard InChI is InChI=1S/C13H15/c1-2-4-11(5-3-1)13-9-10-6-7-12(13)8-10/h1-4,10,12-13H,6-9H2. The predicted molar refractivity (Wildman–Crippen MR) is 53.5 cm³/mol. The van der Waals surface area contributed by atoms with E-state index in [0.29, 0.717) is 0 Å². The molecule has 3 unspecified atom stereocenters. The zero-order valence-electron chi connectivity index (χ0n) is 7.87. The monoisotopic (exact) mass is 171 g/mol. The molecule has 2 bridgehead atoms. The van der Waals surface area contributed by atoms with E-state index < -0.39 is 0 Å². The molecule has 0 amide bonds. The highest BCUT2D eigenvalue weighted by molar-refractivity contribution is 5.21. The van der Waals surface area contributed by atoms with Crippen molar-refractivity contribution in [3.05, 3.63) is 35.9 Å². The normalized spacial score (nSPS) is 36.8. The fourth-order valence-corrected chi connectivity index (χ4v) is 3.26. The van der Waals surface area contributed by atoms with Gasteiger partial charge in [-0.1, -0.05) is 30.7 Å². The van der Waals surface area contributed by atoms with E-state index in [0.717, 1.165) is 17.8 Å². The minimum Gasteiger partial charge on any atom is -0.0619 e. The van der Waals surface area contributed by atoms with Crippen LogP contribution < -0.4 is 0 Å². The summed E-state index contributed by atoms with van der Waals surface area (Å²) in [5.74, 6) is 2.88. The van der Waals surface area contributed by atoms with Gasteiger partial charge >= 0.3 is 0 Å². The maximum absolute atomic E-state index is 3.40. The molecule has 2 aliphatic rings. The molecule has 1 aromatic carbocycles. The van der Waals surface area contributed by atoms with Gasteiger partial charge < -0.3 is 0 Å². The SMILES string of the molecule is [c]1ccccc1C1CC2CCC1C2. The molecule has 13 heavy (non-hydrogen) atoms. The molecule has 0 nitrogen and oxygen atoms in total. The summed E-state index contributed by atoms with van der Waals surface area (Å²) in [5.41, 5.74) is 1.47. The Morgan fingerprint density at radius 3 is 2.77 bits per heavy atom. The highest BCUT2D eigenvalue weighted by atomic mass is 14.4. The van der Waals surface area contributed by atoms with Crippen LogP contribution in [0.3, 0.4) is 0 Å². The number of benzene rings is 1. The lowest BCUT2D eigenvalue weighted by atomic mass is 9.84. The first-order chi connectivity index (χ1) is 6.43. The van der Waals surface area contributed by atoms with Crippen LogP contribution >= 0.6 is 0 Å². The quantitative estimate of drug-likeness (QED) is 0.607. The Labute approximate surface area is 80.0 Å². The van der Waals surface area contributed by atoms with Gasteiger partial charge in [-0.2, -0.15) is 0 Å². The molecular formula is C13H15. The minimum absolute atomic E-state index is 0.847. The topological polar surface area (TPSA) is 0 Å². The molecule has 3 rings (SSSR count). The molecule has 2 saturated carbocycles. The Morgan fingerprint density at radius 1 is 1.15 bits per heavy atom. The second-order valence-electron chi connectivity index (χ2n) is 4.60. The number of fused-ring (bicyclic) bond motifs is 2. The lowest BCUT2D eigenvalue weighted by Gasteiger charge is -2.21. The van der Waals surface area contributed by atoms with Crippen LogP contribution in [0.5, 0.6) is 0 Å². The van der Waals surface area contributed by atoms with Gasteiger partial charge in [0.1, 0.15) is 0 Å². The van der Waals surface area contributed by atoms with Gasteiger partial charge in [0.2, 0.25) is 0 Å². The van der Waals surface area contributed by atoms with Crippen LogP contribution in [0.2, 0.25) is 0 Å². The number of hydrogen-bond acceptors (Lipinski definition) is 0. The van der Waals surface area contributed by atoms with Crippen molar-refractivity contribution in [3.63, 3.8) is 0 Å². The van der Waals surface area contributed by atoms with E-state index in [-0.39, 0.29) is 0 Å². The first-order valence-electron chi connectivity index (χ1n) is 5.40. The van der Waals surface area contributed by atoms with Gasteiger partial charge in [0, 0.05) is 0 Å². The van der Waals surface area contributed by atoms with Crippen LogP contribution in [0.25, 0.3) is 0 Å². The van der Waals surface area contributed by atoms with Crippen molar-refractivity contribution < 1.29 is 0 Å². The molecule has 0 aromatic heterocycles. The van der Waals surface area contributed by atoms with Crippen LogP contribution in [0.15, 0.2) is 24.3 Å². The van der Waals surface area contributed by atoms with E-state index in [1.54, 1.807) is 0 Å². The summed E-state index contributed by atoms with van der Waals surface area (Å²) in [5, 5.41) is 0. The van der Waals surface area contributed by atoms with Gasteiger partial charge in [0.25, 0.3) is 0 Å². The molecule has 0 heteroatoms. The summed E-state index contributed by atoms with van der Waals surface area (Å²) in [4.78, 5) is 0. The zero-order valence-corrected chi connectivity index (χ0v) is 7.87. The van der Waals surface area contributed by atoms with E-state index in [2.05, 4.69) is 30.3 Å². The van der Waals surface area contributed by atoms with Crippen LogP contribution in [0.4, 0.5) is 0 Å². The number of rotatable bonds is 1. The van der Waals surface area contributed by atoms with E-state index in [9.17, 15) is 0 Å². The molecule has 0 N–H and O–H groups in total. The van der Waals surface area contributed by atoms with Crippen molar-refractivity contribution in [3.8, 4) is 0 Å². The Morgan fingerprint density at radius 2 is 2.15 bits per heavy atom. The van der Waals surface area contributed by atoms with E-state index in [1.165, 1.54) is 31.2 Å². The van der Waals surface area contributed by atoms with E-state index in [1.807, 2.05) is 0 Å². The summed E-state index contributed by atoms with van der Waals surface area (Å²) < 4.78 is 0. The highest BCUT2D eigenvalue weighted by Crippen LogP contribution is 2.52. The molecular weight excluding hydrogens is 156 g/mol. The molecule has 1 radical (unpaired) electrons. The molecule has 2 aliphatic carbocycles. The number of hydrogen-bond donors (Lipinski definition) is 0. The minimum atomic E-state index is 0.847. The van der Waals surface area contributed by atoms with Gasteiger partial charge in [-0.25, -0.2) is 0 Å². The second kappa shape index (κ2) is 2.87. The average Bonchev–Trinajstić information content (AvgIpc) is 2.80. The summed E-state index contributed by atoms with van der Waals surface area (Å²) in [6.07, 6.45) is 5.89. The third kappa shape index (κ3) is 1.20. The van der Waals surface area contributed by atoms with Crippen molar-refractivity contribution in [2.75, 3.05) is 0 Å². The predicted octanol–water partition coefficient (Wildman–Crippen LogP) is 3.39. The molecule has 0 spiro atoms. The fourth-order valence-electron chi connectivity index (χ4n) is 3.26. The third-order valence-electron chi connectivity index (χ3n) is 3.87. The van der Waals surface area contributed by atoms with Crippen LogP contribution in [0, 0.1) is 17.9 Å². The Hall–Kier alpha value is -0.780. The average molecular weight is 171 g/mol. The molecule has 0 aliphatic heterocycles. The van der Waals surface area contributed by atoms with Crippen molar-refractivity contribution in [2.24, 2.45) is 11.8 Å². The molecule has 0 heterocycles. The second-order valence-corrected chi connectivity index (χ2v) is 4.60. The smallest absolute Gasteiger partial charge is 0.0125 e. The molecule has 3 atom stereocenters. The lowest BCUT2D eigenvalue weighted by Crippen LogP contribution is -2.08. The van der Waals surface area contributed by atoms with Gasteiger partial charge in [0.05, 0.1) is 0 Å². The molecule has 67 valence electrons. The summed E-state index contributed by atoms with van der Waals surface area (Å²) in [6.45, 7) is 0. The fraction of sp³-hybridized carbons (Fsp3) is 0.538. The summed E-state index contributed by atoms with van der Waals surface area (Å²) in [7, 11) is 0. The third-order valence-corrected chi connectivity index (χ3v) is 3.87. The van der Waals surface area contributed by atoms with Gasteiger partial charge in [-0.3, -0.25) is 0 Å². The van der Waals surface area contributed by atoms with Crippen LogP contribution in [-0.2, 0) is 0 Å². The lowest BCUT2D eigenvalue weighted by molar-refractivity contribution is 0.419. The Bertz CT molecular complexity index is 288. The zero-order chi connectivity index (χ0) is 8.67. The van der Waals surface area contributed by atoms with Gasteiger partial charge in [-0.15, -0.1) is 0 Å². The van der Waals surface area contributed by atoms with Crippen LogP contribution in [-0.4, -0.2) is 0 Å². The van der Waals surface area contributed by atoms with E-state index >= 15 is 0 Å². The van der Waals surface area contributed by atoms with Gasteiger partial charge in [-0.05, 0) is 48.6 Å².